The van der Waals surface area contributed by atoms with Gasteiger partial charge < -0.3 is 10.1 Å². The van der Waals surface area contributed by atoms with Crippen LogP contribution in [0.4, 0.5) is 0 Å². The van der Waals surface area contributed by atoms with Crippen molar-refractivity contribution in [1.82, 2.24) is 5.32 Å². The Hall–Kier alpha value is 0.270. The van der Waals surface area contributed by atoms with Crippen LogP contribution in [0.2, 0.25) is 0 Å². The van der Waals surface area contributed by atoms with Crippen LogP contribution >= 0.6 is 11.8 Å². The van der Waals surface area contributed by atoms with Gasteiger partial charge in [-0.3, -0.25) is 0 Å². The summed E-state index contributed by atoms with van der Waals surface area (Å²) in [4.78, 5) is 0. The number of hydrogen-bond acceptors (Lipinski definition) is 3. The molecule has 2 nitrogen and oxygen atoms in total. The predicted octanol–water partition coefficient (Wildman–Crippen LogP) is 3.99. The minimum Gasteiger partial charge on any atom is -0.370 e. The maximum absolute atomic E-state index is 6.40. The van der Waals surface area contributed by atoms with E-state index in [2.05, 4.69) is 19.2 Å². The van der Waals surface area contributed by atoms with Crippen LogP contribution in [0.1, 0.15) is 65.2 Å². The Morgan fingerprint density at radius 1 is 1.26 bits per heavy atom. The zero-order valence-electron chi connectivity index (χ0n) is 12.7. The Kier molecular flexibility index (Phi) is 6.51. The maximum atomic E-state index is 6.40. The molecule has 112 valence electrons. The summed E-state index contributed by atoms with van der Waals surface area (Å²) >= 11 is 2.04. The first-order valence-electron chi connectivity index (χ1n) is 8.23. The molecular weight excluding hydrogens is 254 g/mol. The molecule has 1 aliphatic carbocycles. The Labute approximate surface area is 123 Å². The first kappa shape index (κ1) is 15.7. The molecule has 3 heteroatoms. The van der Waals surface area contributed by atoms with E-state index < -0.39 is 0 Å². The zero-order chi connectivity index (χ0) is 13.6. The molecule has 1 aliphatic heterocycles. The van der Waals surface area contributed by atoms with Gasteiger partial charge in [-0.2, -0.15) is 11.8 Å². The number of nitrogens with one attached hydrogen (secondary N) is 1. The summed E-state index contributed by atoms with van der Waals surface area (Å²) < 4.78 is 6.40. The number of rotatable bonds is 7. The quantitative estimate of drug-likeness (QED) is 0.715. The Bertz CT molecular complexity index is 253. The van der Waals surface area contributed by atoms with Crippen LogP contribution in [0, 0.1) is 0 Å². The highest BCUT2D eigenvalue weighted by molar-refractivity contribution is 7.99. The summed E-state index contributed by atoms with van der Waals surface area (Å²) in [5.74, 6) is 2.51. The highest BCUT2D eigenvalue weighted by atomic mass is 32.2. The van der Waals surface area contributed by atoms with Crippen molar-refractivity contribution in [3.8, 4) is 0 Å². The molecule has 2 fully saturated rings. The van der Waals surface area contributed by atoms with E-state index in [4.69, 9.17) is 4.74 Å². The third-order valence-electron chi connectivity index (χ3n) is 4.70. The van der Waals surface area contributed by atoms with Gasteiger partial charge in [0.05, 0.1) is 11.7 Å². The molecule has 0 aromatic heterocycles. The van der Waals surface area contributed by atoms with Gasteiger partial charge in [-0.1, -0.05) is 26.2 Å². The molecule has 2 aliphatic rings. The topological polar surface area (TPSA) is 21.3 Å². The Balaban J connectivity index is 1.62. The van der Waals surface area contributed by atoms with Gasteiger partial charge in [-0.25, -0.2) is 0 Å². The molecule has 1 saturated carbocycles. The summed E-state index contributed by atoms with van der Waals surface area (Å²) in [5, 5.41) is 3.67. The predicted molar refractivity (Wildman–Crippen MR) is 85.0 cm³/mol. The average molecular weight is 285 g/mol. The van der Waals surface area contributed by atoms with Crippen LogP contribution < -0.4 is 5.32 Å². The SMILES string of the molecule is CCSCCC(C)NCC1CCC2(CCCCC2)O1. The third kappa shape index (κ3) is 4.95. The molecule has 0 amide bonds. The number of hydrogen-bond donors (Lipinski definition) is 1. The second-order valence-corrected chi connectivity index (χ2v) is 7.71. The lowest BCUT2D eigenvalue weighted by Crippen LogP contribution is -2.37. The Morgan fingerprint density at radius 2 is 2.05 bits per heavy atom. The summed E-state index contributed by atoms with van der Waals surface area (Å²) in [7, 11) is 0. The summed E-state index contributed by atoms with van der Waals surface area (Å²) in [6.07, 6.45) is 11.1. The van der Waals surface area contributed by atoms with E-state index in [0.29, 0.717) is 12.1 Å². The van der Waals surface area contributed by atoms with Crippen molar-refractivity contribution < 1.29 is 4.74 Å². The van der Waals surface area contributed by atoms with Crippen LogP contribution in [-0.2, 0) is 4.74 Å². The van der Waals surface area contributed by atoms with E-state index in [1.165, 1.54) is 62.9 Å². The van der Waals surface area contributed by atoms with Gasteiger partial charge in [0.1, 0.15) is 0 Å². The van der Waals surface area contributed by atoms with E-state index >= 15 is 0 Å². The van der Waals surface area contributed by atoms with Gasteiger partial charge in [0.15, 0.2) is 0 Å². The fourth-order valence-electron chi connectivity index (χ4n) is 3.44. The third-order valence-corrected chi connectivity index (χ3v) is 5.63. The first-order chi connectivity index (χ1) is 9.24. The van der Waals surface area contributed by atoms with Gasteiger partial charge in [-0.05, 0) is 50.5 Å². The average Bonchev–Trinajstić information content (AvgIpc) is 2.81. The van der Waals surface area contributed by atoms with Gasteiger partial charge >= 0.3 is 0 Å². The lowest BCUT2D eigenvalue weighted by atomic mass is 9.83. The zero-order valence-corrected chi connectivity index (χ0v) is 13.6. The summed E-state index contributed by atoms with van der Waals surface area (Å²) in [5.41, 5.74) is 0.284. The molecule has 0 bridgehead atoms. The molecule has 1 heterocycles. The smallest absolute Gasteiger partial charge is 0.0708 e. The summed E-state index contributed by atoms with van der Waals surface area (Å²) in [6.45, 7) is 5.60. The molecule has 2 unspecified atom stereocenters. The van der Waals surface area contributed by atoms with Gasteiger partial charge in [0.25, 0.3) is 0 Å². The number of ether oxygens (including phenoxy) is 1. The monoisotopic (exact) mass is 285 g/mol. The normalized spacial score (nSPS) is 27.8. The van der Waals surface area contributed by atoms with Gasteiger partial charge in [-0.15, -0.1) is 0 Å². The lowest BCUT2D eigenvalue weighted by molar-refractivity contribution is -0.0628. The van der Waals surface area contributed by atoms with Crippen molar-refractivity contribution in [2.24, 2.45) is 0 Å². The van der Waals surface area contributed by atoms with E-state index in [-0.39, 0.29) is 5.60 Å². The molecule has 1 spiro atoms. The second kappa shape index (κ2) is 7.90. The second-order valence-electron chi connectivity index (χ2n) is 6.32. The van der Waals surface area contributed by atoms with Crippen molar-refractivity contribution in [3.05, 3.63) is 0 Å². The molecular formula is C16H31NOS. The Morgan fingerprint density at radius 3 is 2.79 bits per heavy atom. The highest BCUT2D eigenvalue weighted by Gasteiger charge is 2.40. The van der Waals surface area contributed by atoms with Crippen molar-refractivity contribution in [3.63, 3.8) is 0 Å². The van der Waals surface area contributed by atoms with Crippen LogP contribution in [0.15, 0.2) is 0 Å². The molecule has 1 N–H and O–H groups in total. The fourth-order valence-corrected chi connectivity index (χ4v) is 4.25. The van der Waals surface area contributed by atoms with Crippen molar-refractivity contribution >= 4 is 11.8 Å². The van der Waals surface area contributed by atoms with Gasteiger partial charge in [0.2, 0.25) is 0 Å². The van der Waals surface area contributed by atoms with Gasteiger partial charge in [0, 0.05) is 12.6 Å². The molecule has 2 rings (SSSR count). The summed E-state index contributed by atoms with van der Waals surface area (Å²) in [6, 6.07) is 0.630. The highest BCUT2D eigenvalue weighted by Crippen LogP contribution is 2.41. The lowest BCUT2D eigenvalue weighted by Gasteiger charge is -2.33. The van der Waals surface area contributed by atoms with E-state index in [9.17, 15) is 0 Å². The van der Waals surface area contributed by atoms with Crippen LogP contribution in [0.3, 0.4) is 0 Å². The standard InChI is InChI=1S/C16H31NOS/c1-3-19-12-8-14(2)17-13-15-7-11-16(18-15)9-5-4-6-10-16/h14-15,17H,3-13H2,1-2H3. The van der Waals surface area contributed by atoms with Crippen molar-refractivity contribution in [2.45, 2.75) is 83.0 Å². The minimum atomic E-state index is 0.284. The van der Waals surface area contributed by atoms with E-state index in [1.807, 2.05) is 11.8 Å². The molecule has 0 radical (unpaired) electrons. The van der Waals surface area contributed by atoms with Crippen molar-refractivity contribution in [2.75, 3.05) is 18.1 Å². The van der Waals surface area contributed by atoms with Crippen LogP contribution in [0.25, 0.3) is 0 Å². The fraction of sp³-hybridized carbons (Fsp3) is 1.00. The molecule has 2 atom stereocenters. The van der Waals surface area contributed by atoms with Crippen LogP contribution in [-0.4, -0.2) is 35.8 Å². The molecule has 0 aromatic carbocycles. The minimum absolute atomic E-state index is 0.284. The van der Waals surface area contributed by atoms with Crippen LogP contribution in [0.5, 0.6) is 0 Å². The number of thioether (sulfide) groups is 1. The van der Waals surface area contributed by atoms with E-state index in [0.717, 1.165) is 6.54 Å². The molecule has 19 heavy (non-hydrogen) atoms. The van der Waals surface area contributed by atoms with E-state index in [1.54, 1.807) is 0 Å². The first-order valence-corrected chi connectivity index (χ1v) is 9.38. The maximum Gasteiger partial charge on any atom is 0.0708 e. The van der Waals surface area contributed by atoms with Crippen molar-refractivity contribution in [1.29, 1.82) is 0 Å². The molecule has 1 saturated heterocycles. The molecule has 0 aromatic rings. The largest absolute Gasteiger partial charge is 0.370 e.